The van der Waals surface area contributed by atoms with E-state index in [1.807, 2.05) is 12.1 Å². The summed E-state index contributed by atoms with van der Waals surface area (Å²) < 4.78 is 16.7. The molecule has 0 bridgehead atoms. The molecule has 1 saturated heterocycles. The van der Waals surface area contributed by atoms with Gasteiger partial charge < -0.3 is 19.5 Å². The molecule has 6 heteroatoms. The van der Waals surface area contributed by atoms with Gasteiger partial charge in [0.25, 0.3) is 5.91 Å². The zero-order chi connectivity index (χ0) is 22.1. The maximum atomic E-state index is 12.7. The van der Waals surface area contributed by atoms with Crippen LogP contribution in [-0.4, -0.2) is 50.8 Å². The van der Waals surface area contributed by atoms with E-state index in [9.17, 15) is 4.79 Å². The largest absolute Gasteiger partial charge is 0.493 e. The summed E-state index contributed by atoms with van der Waals surface area (Å²) in [4.78, 5) is 15.1. The molecule has 1 N–H and O–H groups in total. The van der Waals surface area contributed by atoms with Crippen LogP contribution in [0.4, 0.5) is 0 Å². The van der Waals surface area contributed by atoms with Crippen molar-refractivity contribution in [3.05, 3.63) is 59.2 Å². The minimum Gasteiger partial charge on any atom is -0.493 e. The van der Waals surface area contributed by atoms with Gasteiger partial charge in [0.15, 0.2) is 11.5 Å². The fourth-order valence-electron chi connectivity index (χ4n) is 3.47. The standard InChI is InChI=1S/C25H34N2O4/c1-19(2)9-12-31-23-8-7-22(16-24(23)29-3)25(28)26-17-20-5-4-6-21(15-20)18-27-10-13-30-14-11-27/h4-8,15-16,19H,9-14,17-18H2,1-3H3,(H,26,28). The number of ether oxygens (including phenoxy) is 3. The van der Waals surface area contributed by atoms with Gasteiger partial charge in [-0.15, -0.1) is 0 Å². The summed E-state index contributed by atoms with van der Waals surface area (Å²) in [6.07, 6.45) is 0.968. The molecule has 1 heterocycles. The lowest BCUT2D eigenvalue weighted by Gasteiger charge is -2.26. The minimum atomic E-state index is -0.134. The van der Waals surface area contributed by atoms with Crippen molar-refractivity contribution in [2.45, 2.75) is 33.4 Å². The number of carbonyl (C=O) groups excluding carboxylic acids is 1. The molecule has 0 spiro atoms. The lowest BCUT2D eigenvalue weighted by molar-refractivity contribution is 0.0342. The Morgan fingerprint density at radius 3 is 2.61 bits per heavy atom. The summed E-state index contributed by atoms with van der Waals surface area (Å²) in [5.41, 5.74) is 2.88. The van der Waals surface area contributed by atoms with E-state index >= 15 is 0 Å². The molecule has 0 saturated carbocycles. The first-order chi connectivity index (χ1) is 15.0. The lowest BCUT2D eigenvalue weighted by Crippen LogP contribution is -2.35. The van der Waals surface area contributed by atoms with Gasteiger partial charge in [0.05, 0.1) is 26.9 Å². The third-order valence-electron chi connectivity index (χ3n) is 5.33. The second-order valence-corrected chi connectivity index (χ2v) is 8.29. The molecule has 168 valence electrons. The molecule has 3 rings (SSSR count). The third kappa shape index (κ3) is 7.26. The predicted octanol–water partition coefficient (Wildman–Crippen LogP) is 3.88. The average molecular weight is 427 g/mol. The van der Waals surface area contributed by atoms with Crippen LogP contribution in [0, 0.1) is 5.92 Å². The van der Waals surface area contributed by atoms with Crippen molar-refractivity contribution >= 4 is 5.91 Å². The molecule has 0 aromatic heterocycles. The van der Waals surface area contributed by atoms with E-state index in [1.165, 1.54) is 5.56 Å². The average Bonchev–Trinajstić information content (AvgIpc) is 2.78. The van der Waals surface area contributed by atoms with E-state index in [0.717, 1.165) is 44.8 Å². The van der Waals surface area contributed by atoms with Crippen LogP contribution in [0.1, 0.15) is 41.8 Å². The van der Waals surface area contributed by atoms with E-state index in [1.54, 1.807) is 25.3 Å². The number of benzene rings is 2. The van der Waals surface area contributed by atoms with Gasteiger partial charge >= 0.3 is 0 Å². The predicted molar refractivity (Wildman–Crippen MR) is 122 cm³/mol. The van der Waals surface area contributed by atoms with Gasteiger partial charge in [-0.2, -0.15) is 0 Å². The number of amides is 1. The van der Waals surface area contributed by atoms with Gasteiger partial charge in [0.1, 0.15) is 0 Å². The first-order valence-corrected chi connectivity index (χ1v) is 11.0. The normalized spacial score (nSPS) is 14.5. The minimum absolute atomic E-state index is 0.134. The highest BCUT2D eigenvalue weighted by atomic mass is 16.5. The van der Waals surface area contributed by atoms with Crippen molar-refractivity contribution in [2.24, 2.45) is 5.92 Å². The highest BCUT2D eigenvalue weighted by Crippen LogP contribution is 2.28. The summed E-state index contributed by atoms with van der Waals surface area (Å²) in [6, 6.07) is 13.7. The van der Waals surface area contributed by atoms with Gasteiger partial charge in [-0.25, -0.2) is 0 Å². The van der Waals surface area contributed by atoms with Crippen molar-refractivity contribution < 1.29 is 19.0 Å². The Kier molecular flexibility index (Phi) is 8.74. The third-order valence-corrected chi connectivity index (χ3v) is 5.33. The SMILES string of the molecule is COc1cc(C(=O)NCc2cccc(CN3CCOCC3)c2)ccc1OCCC(C)C. The van der Waals surface area contributed by atoms with E-state index in [0.29, 0.717) is 36.1 Å². The molecule has 1 amide bonds. The molecule has 1 aliphatic rings. The highest BCUT2D eigenvalue weighted by Gasteiger charge is 2.13. The van der Waals surface area contributed by atoms with Crippen LogP contribution in [0.3, 0.4) is 0 Å². The number of methoxy groups -OCH3 is 1. The topological polar surface area (TPSA) is 60.0 Å². The Labute approximate surface area is 185 Å². The van der Waals surface area contributed by atoms with Crippen LogP contribution >= 0.6 is 0 Å². The molecule has 1 aliphatic heterocycles. The number of hydrogen-bond donors (Lipinski definition) is 1. The molecule has 1 fully saturated rings. The van der Waals surface area contributed by atoms with Crippen LogP contribution in [0.15, 0.2) is 42.5 Å². The van der Waals surface area contributed by atoms with Crippen LogP contribution in [-0.2, 0) is 17.8 Å². The summed E-state index contributed by atoms with van der Waals surface area (Å²) in [5, 5.41) is 3.01. The Bertz CT molecular complexity index is 847. The van der Waals surface area contributed by atoms with Crippen molar-refractivity contribution in [1.29, 1.82) is 0 Å². The molecule has 6 nitrogen and oxygen atoms in total. The fraction of sp³-hybridized carbons (Fsp3) is 0.480. The van der Waals surface area contributed by atoms with Gasteiger partial charge in [-0.3, -0.25) is 9.69 Å². The van der Waals surface area contributed by atoms with E-state index in [4.69, 9.17) is 14.2 Å². The highest BCUT2D eigenvalue weighted by molar-refractivity contribution is 5.94. The molecule has 0 unspecified atom stereocenters. The number of hydrogen-bond acceptors (Lipinski definition) is 5. The Hall–Kier alpha value is -2.57. The maximum Gasteiger partial charge on any atom is 0.251 e. The summed E-state index contributed by atoms with van der Waals surface area (Å²) in [7, 11) is 1.59. The second kappa shape index (κ2) is 11.7. The summed E-state index contributed by atoms with van der Waals surface area (Å²) in [5.74, 6) is 1.67. The smallest absolute Gasteiger partial charge is 0.251 e. The van der Waals surface area contributed by atoms with Gasteiger partial charge in [0.2, 0.25) is 0 Å². The van der Waals surface area contributed by atoms with Crippen LogP contribution in [0.2, 0.25) is 0 Å². The van der Waals surface area contributed by atoms with Gasteiger partial charge in [0, 0.05) is 31.7 Å². The van der Waals surface area contributed by atoms with Crippen molar-refractivity contribution in [3.8, 4) is 11.5 Å². The molecular weight excluding hydrogens is 392 g/mol. The summed E-state index contributed by atoms with van der Waals surface area (Å²) >= 11 is 0. The Balaban J connectivity index is 1.55. The fourth-order valence-corrected chi connectivity index (χ4v) is 3.47. The number of morpholine rings is 1. The van der Waals surface area contributed by atoms with Gasteiger partial charge in [-0.05, 0) is 41.7 Å². The zero-order valence-corrected chi connectivity index (χ0v) is 18.9. The Morgan fingerprint density at radius 1 is 1.10 bits per heavy atom. The van der Waals surface area contributed by atoms with Crippen LogP contribution in [0.5, 0.6) is 11.5 Å². The van der Waals surface area contributed by atoms with Crippen molar-refractivity contribution in [3.63, 3.8) is 0 Å². The first-order valence-electron chi connectivity index (χ1n) is 11.0. The van der Waals surface area contributed by atoms with E-state index in [2.05, 4.69) is 36.2 Å². The number of nitrogens with zero attached hydrogens (tertiary/aromatic N) is 1. The second-order valence-electron chi connectivity index (χ2n) is 8.29. The van der Waals surface area contributed by atoms with E-state index in [-0.39, 0.29) is 5.91 Å². The Morgan fingerprint density at radius 2 is 1.87 bits per heavy atom. The summed E-state index contributed by atoms with van der Waals surface area (Å²) in [6.45, 7) is 9.83. The number of nitrogens with one attached hydrogen (secondary N) is 1. The molecule has 2 aromatic rings. The molecular formula is C25H34N2O4. The molecule has 31 heavy (non-hydrogen) atoms. The molecule has 0 aliphatic carbocycles. The lowest BCUT2D eigenvalue weighted by atomic mass is 10.1. The maximum absolute atomic E-state index is 12.7. The number of carbonyl (C=O) groups is 1. The van der Waals surface area contributed by atoms with E-state index < -0.39 is 0 Å². The quantitative estimate of drug-likeness (QED) is 0.625. The number of rotatable bonds is 10. The van der Waals surface area contributed by atoms with Crippen molar-refractivity contribution in [2.75, 3.05) is 40.0 Å². The molecule has 0 atom stereocenters. The molecule has 2 aromatic carbocycles. The van der Waals surface area contributed by atoms with Crippen LogP contribution in [0.25, 0.3) is 0 Å². The first kappa shape index (κ1) is 23.1. The van der Waals surface area contributed by atoms with Crippen LogP contribution < -0.4 is 14.8 Å². The molecule has 0 radical (unpaired) electrons. The van der Waals surface area contributed by atoms with Gasteiger partial charge in [-0.1, -0.05) is 38.1 Å². The van der Waals surface area contributed by atoms with Crippen molar-refractivity contribution in [1.82, 2.24) is 10.2 Å². The zero-order valence-electron chi connectivity index (χ0n) is 18.9. The monoisotopic (exact) mass is 426 g/mol.